The highest BCUT2D eigenvalue weighted by Crippen LogP contribution is 2.33. The van der Waals surface area contributed by atoms with Crippen LogP contribution < -0.4 is 4.74 Å². The third kappa shape index (κ3) is 3.22. The molecule has 1 N–H and O–H groups in total. The minimum Gasteiger partial charge on any atom is -0.497 e. The minimum absolute atomic E-state index is 0.0165. The van der Waals surface area contributed by atoms with E-state index in [0.717, 1.165) is 47.8 Å². The molecule has 1 fully saturated rings. The number of carbonyl (C=O) groups excluding carboxylic acids is 1. The second-order valence-electron chi connectivity index (χ2n) is 6.28. The van der Waals surface area contributed by atoms with Gasteiger partial charge in [-0.3, -0.25) is 9.89 Å². The lowest BCUT2D eigenvalue weighted by Crippen LogP contribution is -2.38. The van der Waals surface area contributed by atoms with E-state index in [9.17, 15) is 4.79 Å². The van der Waals surface area contributed by atoms with E-state index < -0.39 is 0 Å². The number of benzene rings is 1. The number of aromatic amines is 1. The van der Waals surface area contributed by atoms with Gasteiger partial charge in [0.2, 0.25) is 0 Å². The van der Waals surface area contributed by atoms with Gasteiger partial charge in [0.1, 0.15) is 16.5 Å². The quantitative estimate of drug-likeness (QED) is 0.758. The highest BCUT2D eigenvalue weighted by molar-refractivity contribution is 7.09. The molecule has 6 nitrogen and oxygen atoms in total. The zero-order valence-electron chi connectivity index (χ0n) is 14.5. The van der Waals surface area contributed by atoms with Crippen LogP contribution >= 0.6 is 11.3 Å². The van der Waals surface area contributed by atoms with Crippen LogP contribution in [0.5, 0.6) is 5.75 Å². The van der Waals surface area contributed by atoms with Crippen molar-refractivity contribution in [1.29, 1.82) is 0 Å². The van der Waals surface area contributed by atoms with Crippen molar-refractivity contribution in [3.05, 3.63) is 52.6 Å². The van der Waals surface area contributed by atoms with E-state index in [1.54, 1.807) is 24.6 Å². The second kappa shape index (κ2) is 7.29. The summed E-state index contributed by atoms with van der Waals surface area (Å²) in [5, 5.41) is 10.2. The maximum absolute atomic E-state index is 13.1. The molecule has 1 atom stereocenters. The van der Waals surface area contributed by atoms with Gasteiger partial charge in [-0.2, -0.15) is 5.10 Å². The van der Waals surface area contributed by atoms with Gasteiger partial charge in [0.15, 0.2) is 0 Å². The number of methoxy groups -OCH3 is 1. The molecule has 1 amide bonds. The molecule has 0 bridgehead atoms. The van der Waals surface area contributed by atoms with Crippen LogP contribution in [-0.2, 0) is 0 Å². The van der Waals surface area contributed by atoms with Gasteiger partial charge in [-0.25, -0.2) is 4.98 Å². The predicted molar refractivity (Wildman–Crippen MR) is 100 cm³/mol. The smallest absolute Gasteiger partial charge is 0.272 e. The largest absolute Gasteiger partial charge is 0.497 e. The number of likely N-dealkylation sites (tertiary alicyclic amines) is 1. The summed E-state index contributed by atoms with van der Waals surface area (Å²) in [4.78, 5) is 19.4. The maximum Gasteiger partial charge on any atom is 0.272 e. The van der Waals surface area contributed by atoms with E-state index >= 15 is 0 Å². The van der Waals surface area contributed by atoms with Gasteiger partial charge in [0.25, 0.3) is 5.91 Å². The van der Waals surface area contributed by atoms with Crippen molar-refractivity contribution in [3.8, 4) is 17.0 Å². The molecule has 3 heterocycles. The third-order valence-electron chi connectivity index (χ3n) is 4.69. The fourth-order valence-corrected chi connectivity index (χ4v) is 4.11. The summed E-state index contributed by atoms with van der Waals surface area (Å²) >= 11 is 1.61. The lowest BCUT2D eigenvalue weighted by molar-refractivity contribution is 0.0605. The van der Waals surface area contributed by atoms with Crippen molar-refractivity contribution in [1.82, 2.24) is 20.1 Å². The van der Waals surface area contributed by atoms with Crippen LogP contribution in [0.4, 0.5) is 0 Å². The van der Waals surface area contributed by atoms with E-state index in [1.807, 2.05) is 40.6 Å². The lowest BCUT2D eigenvalue weighted by atomic mass is 10.0. The van der Waals surface area contributed by atoms with Crippen molar-refractivity contribution >= 4 is 17.2 Å². The summed E-state index contributed by atoms with van der Waals surface area (Å²) in [6.07, 6.45) is 4.90. The molecule has 1 aliphatic heterocycles. The highest BCUT2D eigenvalue weighted by atomic mass is 32.1. The van der Waals surface area contributed by atoms with E-state index in [-0.39, 0.29) is 11.9 Å². The second-order valence-corrected chi connectivity index (χ2v) is 7.20. The lowest BCUT2D eigenvalue weighted by Gasteiger charge is -2.34. The van der Waals surface area contributed by atoms with Gasteiger partial charge >= 0.3 is 0 Å². The topological polar surface area (TPSA) is 71.1 Å². The number of H-pyrrole nitrogens is 1. The number of ether oxygens (including phenoxy) is 1. The van der Waals surface area contributed by atoms with Gasteiger partial charge in [0, 0.05) is 23.7 Å². The first-order valence-electron chi connectivity index (χ1n) is 8.66. The van der Waals surface area contributed by atoms with Gasteiger partial charge in [-0.05, 0) is 49.6 Å². The number of amides is 1. The molecular weight excluding hydrogens is 348 g/mol. The van der Waals surface area contributed by atoms with Gasteiger partial charge in [0.05, 0.1) is 18.8 Å². The summed E-state index contributed by atoms with van der Waals surface area (Å²) in [6, 6.07) is 9.51. The molecule has 3 aromatic rings. The molecule has 2 aromatic heterocycles. The fourth-order valence-electron chi connectivity index (χ4n) is 3.33. The van der Waals surface area contributed by atoms with E-state index in [1.165, 1.54) is 0 Å². The molecular formula is C19H20N4O2S. The van der Waals surface area contributed by atoms with Crippen LogP contribution in [-0.4, -0.2) is 39.6 Å². The van der Waals surface area contributed by atoms with Crippen LogP contribution in [0.2, 0.25) is 0 Å². The number of hydrogen-bond acceptors (Lipinski definition) is 5. The van der Waals surface area contributed by atoms with Crippen molar-refractivity contribution in [3.63, 3.8) is 0 Å². The van der Waals surface area contributed by atoms with E-state index in [4.69, 9.17) is 4.74 Å². The Morgan fingerprint density at radius 3 is 2.88 bits per heavy atom. The standard InChI is InChI=1S/C19H20N4O2S/c1-25-14-7-5-13(6-8-14)15-12-16(22-21-15)19(24)23-10-3-2-4-17(23)18-20-9-11-26-18/h5-9,11-12,17H,2-4,10H2,1H3,(H,21,22). The number of nitrogens with one attached hydrogen (secondary N) is 1. The molecule has 0 aliphatic carbocycles. The summed E-state index contributed by atoms with van der Waals surface area (Å²) < 4.78 is 5.18. The number of hydrogen-bond donors (Lipinski definition) is 1. The molecule has 26 heavy (non-hydrogen) atoms. The number of nitrogens with zero attached hydrogens (tertiary/aromatic N) is 3. The Balaban J connectivity index is 1.56. The average molecular weight is 368 g/mol. The van der Waals surface area contributed by atoms with Crippen LogP contribution in [0.25, 0.3) is 11.3 Å². The van der Waals surface area contributed by atoms with Gasteiger partial charge in [-0.1, -0.05) is 0 Å². The first kappa shape index (κ1) is 16.8. The molecule has 0 radical (unpaired) electrons. The Morgan fingerprint density at radius 1 is 1.31 bits per heavy atom. The SMILES string of the molecule is COc1ccc(-c2cc(C(=O)N3CCCCC3c3nccs3)[nH]n2)cc1. The monoisotopic (exact) mass is 368 g/mol. The van der Waals surface area contributed by atoms with Crippen LogP contribution in [0, 0.1) is 0 Å². The van der Waals surface area contributed by atoms with Crippen molar-refractivity contribution in [2.24, 2.45) is 0 Å². The first-order valence-corrected chi connectivity index (χ1v) is 9.54. The zero-order chi connectivity index (χ0) is 17.9. The molecule has 1 aromatic carbocycles. The molecule has 134 valence electrons. The number of carbonyl (C=O) groups is 1. The summed E-state index contributed by atoms with van der Waals surface area (Å²) in [5.41, 5.74) is 2.20. The van der Waals surface area contributed by atoms with Gasteiger partial charge < -0.3 is 9.64 Å². The molecule has 1 saturated heterocycles. The fraction of sp³-hybridized carbons (Fsp3) is 0.316. The van der Waals surface area contributed by atoms with Crippen LogP contribution in [0.15, 0.2) is 41.9 Å². The highest BCUT2D eigenvalue weighted by Gasteiger charge is 2.31. The van der Waals surface area contributed by atoms with Crippen LogP contribution in [0.3, 0.4) is 0 Å². The predicted octanol–water partition coefficient (Wildman–Crippen LogP) is 3.91. The van der Waals surface area contributed by atoms with Crippen molar-refractivity contribution in [2.75, 3.05) is 13.7 Å². The molecule has 1 unspecified atom stereocenters. The summed E-state index contributed by atoms with van der Waals surface area (Å²) in [7, 11) is 1.64. The number of aromatic nitrogens is 3. The Kier molecular flexibility index (Phi) is 4.71. The van der Waals surface area contributed by atoms with Crippen LogP contribution in [0.1, 0.15) is 40.8 Å². The maximum atomic E-state index is 13.1. The normalized spacial score (nSPS) is 17.3. The molecule has 4 rings (SSSR count). The first-order chi connectivity index (χ1) is 12.8. The minimum atomic E-state index is -0.0165. The molecule has 1 aliphatic rings. The third-order valence-corrected chi connectivity index (χ3v) is 5.57. The Labute approximate surface area is 155 Å². The number of rotatable bonds is 4. The number of piperidine rings is 1. The zero-order valence-corrected chi connectivity index (χ0v) is 15.3. The molecule has 7 heteroatoms. The Hall–Kier alpha value is -2.67. The number of thiazole rings is 1. The Bertz CT molecular complexity index is 873. The molecule has 0 saturated carbocycles. The average Bonchev–Trinajstić information content (AvgIpc) is 3.40. The van der Waals surface area contributed by atoms with Gasteiger partial charge in [-0.15, -0.1) is 11.3 Å². The van der Waals surface area contributed by atoms with E-state index in [2.05, 4.69) is 15.2 Å². The van der Waals surface area contributed by atoms with E-state index in [0.29, 0.717) is 5.69 Å². The summed E-state index contributed by atoms with van der Waals surface area (Å²) in [5.74, 6) is 0.775. The van der Waals surface area contributed by atoms with Crippen molar-refractivity contribution in [2.45, 2.75) is 25.3 Å². The Morgan fingerprint density at radius 2 is 2.15 bits per heavy atom. The summed E-state index contributed by atoms with van der Waals surface area (Å²) in [6.45, 7) is 0.750. The van der Waals surface area contributed by atoms with Crippen molar-refractivity contribution < 1.29 is 9.53 Å². The molecule has 0 spiro atoms.